The highest BCUT2D eigenvalue weighted by molar-refractivity contribution is 5.80. The minimum Gasteiger partial charge on any atom is -0.497 e. The minimum absolute atomic E-state index is 0.0865. The third kappa shape index (κ3) is 5.82. The Morgan fingerprint density at radius 1 is 1.16 bits per heavy atom. The first-order chi connectivity index (χ1) is 12.1. The highest BCUT2D eigenvalue weighted by atomic mass is 16.5. The summed E-state index contributed by atoms with van der Waals surface area (Å²) in [6.45, 7) is 4.48. The summed E-state index contributed by atoms with van der Waals surface area (Å²) in [5, 5.41) is 2.94. The predicted molar refractivity (Wildman–Crippen MR) is 100 cm³/mol. The lowest BCUT2D eigenvalue weighted by Gasteiger charge is -2.17. The van der Waals surface area contributed by atoms with Crippen LogP contribution in [0.5, 0.6) is 11.5 Å². The summed E-state index contributed by atoms with van der Waals surface area (Å²) in [5.41, 5.74) is 2.31. The van der Waals surface area contributed by atoms with Crippen molar-refractivity contribution in [2.24, 2.45) is 0 Å². The monoisotopic (exact) mass is 341 g/mol. The van der Waals surface area contributed by atoms with Crippen molar-refractivity contribution in [2.45, 2.75) is 39.2 Å². The van der Waals surface area contributed by atoms with Crippen molar-refractivity contribution in [1.29, 1.82) is 0 Å². The van der Waals surface area contributed by atoms with Gasteiger partial charge in [-0.05, 0) is 55.5 Å². The number of hydrogen-bond acceptors (Lipinski definition) is 3. The fourth-order valence-corrected chi connectivity index (χ4v) is 2.63. The number of ether oxygens (including phenoxy) is 2. The molecule has 1 atom stereocenters. The molecule has 2 rings (SSSR count). The first-order valence-electron chi connectivity index (χ1n) is 8.79. The van der Waals surface area contributed by atoms with Crippen molar-refractivity contribution in [3.8, 4) is 11.5 Å². The van der Waals surface area contributed by atoms with Crippen LogP contribution in [0.4, 0.5) is 0 Å². The maximum absolute atomic E-state index is 12.2. The van der Waals surface area contributed by atoms with Crippen LogP contribution in [0.15, 0.2) is 48.5 Å². The van der Waals surface area contributed by atoms with Crippen LogP contribution in [0.1, 0.15) is 31.4 Å². The smallest absolute Gasteiger partial charge is 0.260 e. The lowest BCUT2D eigenvalue weighted by atomic mass is 10.1. The van der Waals surface area contributed by atoms with E-state index in [2.05, 4.69) is 18.3 Å². The molecule has 0 radical (unpaired) electrons. The molecule has 4 nitrogen and oxygen atoms in total. The van der Waals surface area contributed by atoms with Crippen molar-refractivity contribution >= 4 is 5.91 Å². The highest BCUT2D eigenvalue weighted by Gasteiger charge is 2.15. The van der Waals surface area contributed by atoms with E-state index in [1.807, 2.05) is 42.5 Å². The van der Waals surface area contributed by atoms with Gasteiger partial charge in [-0.3, -0.25) is 4.79 Å². The van der Waals surface area contributed by atoms with Crippen LogP contribution >= 0.6 is 0 Å². The van der Waals surface area contributed by atoms with Crippen LogP contribution in [-0.4, -0.2) is 25.7 Å². The molecule has 0 aliphatic heterocycles. The van der Waals surface area contributed by atoms with Crippen molar-refractivity contribution in [3.05, 3.63) is 59.7 Å². The van der Waals surface area contributed by atoms with E-state index < -0.39 is 6.10 Å². The Bertz CT molecular complexity index is 684. The minimum atomic E-state index is -0.510. The topological polar surface area (TPSA) is 47.6 Å². The third-order valence-electron chi connectivity index (χ3n) is 4.10. The largest absolute Gasteiger partial charge is 0.497 e. The normalized spacial score (nSPS) is 11.6. The van der Waals surface area contributed by atoms with E-state index >= 15 is 0 Å². The van der Waals surface area contributed by atoms with E-state index in [0.29, 0.717) is 6.54 Å². The highest BCUT2D eigenvalue weighted by Crippen LogP contribution is 2.19. The van der Waals surface area contributed by atoms with Crippen molar-refractivity contribution in [3.63, 3.8) is 0 Å². The second kappa shape index (κ2) is 9.72. The standard InChI is InChI=1S/C21H27NO3/c1-4-18-11-5-6-13-20(18)25-16(2)21(23)22-14-8-10-17-9-7-12-19(15-17)24-3/h5-7,9,11-13,15-16H,4,8,10,14H2,1-3H3,(H,22,23)/t16-/m1/s1. The average molecular weight is 341 g/mol. The number of carbonyl (C=O) groups excluding carboxylic acids is 1. The Kier molecular flexibility index (Phi) is 7.33. The lowest BCUT2D eigenvalue weighted by molar-refractivity contribution is -0.127. The number of rotatable bonds is 9. The molecule has 0 unspecified atom stereocenters. The van der Waals surface area contributed by atoms with Gasteiger partial charge < -0.3 is 14.8 Å². The molecule has 2 aromatic rings. The second-order valence-electron chi connectivity index (χ2n) is 5.97. The molecular weight excluding hydrogens is 314 g/mol. The SMILES string of the molecule is CCc1ccccc1O[C@H](C)C(=O)NCCCc1cccc(OC)c1. The van der Waals surface area contributed by atoms with Gasteiger partial charge in [-0.15, -0.1) is 0 Å². The van der Waals surface area contributed by atoms with E-state index in [9.17, 15) is 4.79 Å². The number of aryl methyl sites for hydroxylation is 2. The molecule has 0 heterocycles. The number of nitrogens with one attached hydrogen (secondary N) is 1. The summed E-state index contributed by atoms with van der Waals surface area (Å²) >= 11 is 0. The van der Waals surface area contributed by atoms with Gasteiger partial charge in [-0.2, -0.15) is 0 Å². The summed E-state index contributed by atoms with van der Waals surface area (Å²) in [6, 6.07) is 15.8. The van der Waals surface area contributed by atoms with Gasteiger partial charge in [-0.1, -0.05) is 37.3 Å². The van der Waals surface area contributed by atoms with Crippen LogP contribution in [0.2, 0.25) is 0 Å². The van der Waals surface area contributed by atoms with Crippen LogP contribution in [-0.2, 0) is 17.6 Å². The van der Waals surface area contributed by atoms with Crippen LogP contribution in [0, 0.1) is 0 Å². The van der Waals surface area contributed by atoms with Gasteiger partial charge in [0.2, 0.25) is 0 Å². The number of benzene rings is 2. The van der Waals surface area contributed by atoms with Gasteiger partial charge in [0, 0.05) is 6.54 Å². The zero-order valence-electron chi connectivity index (χ0n) is 15.2. The molecule has 4 heteroatoms. The average Bonchev–Trinajstić information content (AvgIpc) is 2.65. The van der Waals surface area contributed by atoms with Gasteiger partial charge >= 0.3 is 0 Å². The molecule has 25 heavy (non-hydrogen) atoms. The van der Waals surface area contributed by atoms with Crippen LogP contribution in [0.25, 0.3) is 0 Å². The zero-order chi connectivity index (χ0) is 18.1. The summed E-state index contributed by atoms with van der Waals surface area (Å²) in [7, 11) is 1.66. The molecule has 0 bridgehead atoms. The molecule has 0 saturated carbocycles. The third-order valence-corrected chi connectivity index (χ3v) is 4.10. The fourth-order valence-electron chi connectivity index (χ4n) is 2.63. The molecule has 0 aliphatic rings. The van der Waals surface area contributed by atoms with Crippen LogP contribution in [0.3, 0.4) is 0 Å². The van der Waals surface area contributed by atoms with Gasteiger partial charge in [0.25, 0.3) is 5.91 Å². The predicted octanol–water partition coefficient (Wildman–Crippen LogP) is 3.77. The van der Waals surface area contributed by atoms with Crippen molar-refractivity contribution in [1.82, 2.24) is 5.32 Å². The maximum Gasteiger partial charge on any atom is 0.260 e. The van der Waals surface area contributed by atoms with E-state index in [4.69, 9.17) is 9.47 Å². The van der Waals surface area contributed by atoms with Gasteiger partial charge in [0.1, 0.15) is 11.5 Å². The number of para-hydroxylation sites is 1. The van der Waals surface area contributed by atoms with Gasteiger partial charge in [0.05, 0.1) is 7.11 Å². The van der Waals surface area contributed by atoms with E-state index in [0.717, 1.165) is 36.3 Å². The zero-order valence-corrected chi connectivity index (χ0v) is 15.2. The lowest BCUT2D eigenvalue weighted by Crippen LogP contribution is -2.37. The summed E-state index contributed by atoms with van der Waals surface area (Å²) < 4.78 is 11.0. The van der Waals surface area contributed by atoms with Crippen molar-refractivity contribution in [2.75, 3.05) is 13.7 Å². The van der Waals surface area contributed by atoms with E-state index in [1.54, 1.807) is 14.0 Å². The molecule has 1 amide bonds. The Labute approximate surface area is 150 Å². The summed E-state index contributed by atoms with van der Waals surface area (Å²) in [6.07, 6.45) is 2.14. The van der Waals surface area contributed by atoms with Gasteiger partial charge in [-0.25, -0.2) is 0 Å². The Morgan fingerprint density at radius 3 is 2.72 bits per heavy atom. The Balaban J connectivity index is 1.75. The molecule has 2 aromatic carbocycles. The number of carbonyl (C=O) groups is 1. The number of hydrogen-bond donors (Lipinski definition) is 1. The Hall–Kier alpha value is -2.49. The fraction of sp³-hybridized carbons (Fsp3) is 0.381. The molecule has 0 fully saturated rings. The summed E-state index contributed by atoms with van der Waals surface area (Å²) in [4.78, 5) is 12.2. The first-order valence-corrected chi connectivity index (χ1v) is 8.79. The van der Waals surface area contributed by atoms with Gasteiger partial charge in [0.15, 0.2) is 6.10 Å². The van der Waals surface area contributed by atoms with E-state index in [-0.39, 0.29) is 5.91 Å². The molecule has 0 aliphatic carbocycles. The first kappa shape index (κ1) is 18.8. The molecule has 0 aromatic heterocycles. The van der Waals surface area contributed by atoms with Crippen LogP contribution < -0.4 is 14.8 Å². The molecule has 134 valence electrons. The molecule has 0 spiro atoms. The summed E-state index contributed by atoms with van der Waals surface area (Å²) in [5.74, 6) is 1.55. The van der Waals surface area contributed by atoms with E-state index in [1.165, 1.54) is 5.56 Å². The maximum atomic E-state index is 12.2. The number of methoxy groups -OCH3 is 1. The number of amides is 1. The molecule has 0 saturated heterocycles. The molecule has 1 N–H and O–H groups in total. The van der Waals surface area contributed by atoms with Crippen molar-refractivity contribution < 1.29 is 14.3 Å². The molecular formula is C21H27NO3. The Morgan fingerprint density at radius 2 is 1.96 bits per heavy atom. The quantitative estimate of drug-likeness (QED) is 0.706. The second-order valence-corrected chi connectivity index (χ2v) is 5.97.